The molecule has 3 aromatic carbocycles. The summed E-state index contributed by atoms with van der Waals surface area (Å²) >= 11 is 0. The highest BCUT2D eigenvalue weighted by molar-refractivity contribution is 5.66. The summed E-state index contributed by atoms with van der Waals surface area (Å²) in [4.78, 5) is 10.5. The summed E-state index contributed by atoms with van der Waals surface area (Å²) in [6.45, 7) is 1.70. The molecule has 150 valence electrons. The Balaban J connectivity index is 1.45. The van der Waals surface area contributed by atoms with Gasteiger partial charge in [0.15, 0.2) is 0 Å². The molecule has 0 aliphatic rings. The second kappa shape index (κ2) is 10.9. The molecule has 0 heterocycles. The van der Waals surface area contributed by atoms with Gasteiger partial charge in [-0.15, -0.1) is 0 Å². The number of benzene rings is 3. The lowest BCUT2D eigenvalue weighted by Gasteiger charge is -2.10. The third-order valence-corrected chi connectivity index (χ3v) is 4.31. The quantitative estimate of drug-likeness (QED) is 0.465. The lowest BCUT2D eigenvalue weighted by atomic mass is 10.1. The summed E-state index contributed by atoms with van der Waals surface area (Å²) in [7, 11) is 0. The third-order valence-electron chi connectivity index (χ3n) is 4.31. The van der Waals surface area contributed by atoms with Crippen LogP contribution in [0.25, 0.3) is 0 Å². The predicted molar refractivity (Wildman–Crippen MR) is 113 cm³/mol. The van der Waals surface area contributed by atoms with E-state index in [1.165, 1.54) is 5.56 Å². The van der Waals surface area contributed by atoms with Gasteiger partial charge in [0.2, 0.25) is 0 Å². The first-order chi connectivity index (χ1) is 14.2. The van der Waals surface area contributed by atoms with Crippen LogP contribution in [0.3, 0.4) is 0 Å². The van der Waals surface area contributed by atoms with Gasteiger partial charge in [-0.05, 0) is 60.5 Å². The average molecular weight is 391 g/mol. The summed E-state index contributed by atoms with van der Waals surface area (Å²) < 4.78 is 11.7. The van der Waals surface area contributed by atoms with Crippen molar-refractivity contribution >= 4 is 5.97 Å². The molecule has 0 aromatic heterocycles. The maximum atomic E-state index is 10.5. The molecule has 0 radical (unpaired) electrons. The van der Waals surface area contributed by atoms with E-state index < -0.39 is 5.97 Å². The van der Waals surface area contributed by atoms with E-state index >= 15 is 0 Å². The first kappa shape index (κ1) is 20.4. The molecule has 0 saturated carbocycles. The van der Waals surface area contributed by atoms with Crippen LogP contribution in [-0.2, 0) is 17.8 Å². The average Bonchev–Trinajstić information content (AvgIpc) is 2.74. The second-order valence-electron chi connectivity index (χ2n) is 6.64. The Labute approximate surface area is 170 Å². The normalized spacial score (nSPS) is 10.5. The monoisotopic (exact) mass is 391 g/mol. The molecule has 0 aliphatic carbocycles. The van der Waals surface area contributed by atoms with Crippen molar-refractivity contribution in [3.8, 4) is 17.2 Å². The van der Waals surface area contributed by atoms with Gasteiger partial charge in [0.05, 0.1) is 6.42 Å². The number of hydrogen-bond donors (Lipinski definition) is 2. The Morgan fingerprint density at radius 1 is 0.793 bits per heavy atom. The van der Waals surface area contributed by atoms with E-state index in [-0.39, 0.29) is 6.42 Å². The molecule has 0 aliphatic heterocycles. The van der Waals surface area contributed by atoms with Crippen molar-refractivity contribution in [1.82, 2.24) is 5.32 Å². The van der Waals surface area contributed by atoms with Crippen molar-refractivity contribution in [2.45, 2.75) is 19.4 Å². The highest BCUT2D eigenvalue weighted by atomic mass is 16.5. The van der Waals surface area contributed by atoms with Crippen LogP contribution >= 0.6 is 0 Å². The Kier molecular flexibility index (Phi) is 7.66. The summed E-state index contributed by atoms with van der Waals surface area (Å²) in [5.41, 5.74) is 2.21. The van der Waals surface area contributed by atoms with Gasteiger partial charge in [-0.3, -0.25) is 4.79 Å². The molecule has 0 atom stereocenters. The minimum atomic E-state index is -0.781. The van der Waals surface area contributed by atoms with Crippen LogP contribution in [0.4, 0.5) is 0 Å². The first-order valence-corrected chi connectivity index (χ1v) is 9.65. The molecule has 3 rings (SSSR count). The maximum absolute atomic E-state index is 10.5. The smallest absolute Gasteiger partial charge is 0.304 e. The molecule has 0 saturated heterocycles. The van der Waals surface area contributed by atoms with Crippen LogP contribution in [-0.4, -0.2) is 24.2 Å². The van der Waals surface area contributed by atoms with Crippen molar-refractivity contribution in [3.05, 3.63) is 90.0 Å². The zero-order valence-electron chi connectivity index (χ0n) is 16.2. The third kappa shape index (κ3) is 7.31. The van der Waals surface area contributed by atoms with Gasteiger partial charge in [-0.2, -0.15) is 0 Å². The molecule has 0 fully saturated rings. The number of ether oxygens (including phenoxy) is 2. The fraction of sp³-hybridized carbons (Fsp3) is 0.208. The molecule has 5 nitrogen and oxygen atoms in total. The van der Waals surface area contributed by atoms with Crippen LogP contribution < -0.4 is 14.8 Å². The maximum Gasteiger partial charge on any atom is 0.304 e. The van der Waals surface area contributed by atoms with Crippen LogP contribution in [0.5, 0.6) is 17.2 Å². The number of aliphatic carboxylic acids is 1. The van der Waals surface area contributed by atoms with Gasteiger partial charge >= 0.3 is 5.97 Å². The molecule has 0 spiro atoms. The number of carbonyl (C=O) groups is 1. The lowest BCUT2D eigenvalue weighted by molar-refractivity contribution is -0.136. The molecular formula is C24H25NO4. The van der Waals surface area contributed by atoms with E-state index in [9.17, 15) is 4.79 Å². The molecular weight excluding hydrogens is 366 g/mol. The van der Waals surface area contributed by atoms with Gasteiger partial charge in [0.1, 0.15) is 23.9 Å². The Morgan fingerprint density at radius 2 is 1.55 bits per heavy atom. The SMILES string of the molecule is O=C(O)CCNCCc1ccc(OCc2cccc(Oc3ccccc3)c2)cc1. The van der Waals surface area contributed by atoms with Crippen LogP contribution in [0.2, 0.25) is 0 Å². The van der Waals surface area contributed by atoms with Gasteiger partial charge in [0, 0.05) is 6.54 Å². The molecule has 0 unspecified atom stereocenters. The first-order valence-electron chi connectivity index (χ1n) is 9.65. The number of hydrogen-bond acceptors (Lipinski definition) is 4. The van der Waals surface area contributed by atoms with E-state index in [2.05, 4.69) is 5.32 Å². The van der Waals surface area contributed by atoms with Crippen LogP contribution in [0, 0.1) is 0 Å². The summed E-state index contributed by atoms with van der Waals surface area (Å²) in [5, 5.41) is 11.7. The number of carboxylic acid groups (broad SMARTS) is 1. The molecule has 0 amide bonds. The van der Waals surface area contributed by atoms with E-state index in [1.807, 2.05) is 78.9 Å². The topological polar surface area (TPSA) is 67.8 Å². The summed E-state index contributed by atoms with van der Waals surface area (Å²) in [5.74, 6) is 1.61. The minimum Gasteiger partial charge on any atom is -0.489 e. The van der Waals surface area contributed by atoms with E-state index in [0.29, 0.717) is 13.2 Å². The molecule has 3 aromatic rings. The number of nitrogens with one attached hydrogen (secondary N) is 1. The number of rotatable bonds is 11. The van der Waals surface area contributed by atoms with E-state index in [1.54, 1.807) is 0 Å². The van der Waals surface area contributed by atoms with Crippen molar-refractivity contribution < 1.29 is 19.4 Å². The van der Waals surface area contributed by atoms with Gasteiger partial charge in [-0.25, -0.2) is 0 Å². The van der Waals surface area contributed by atoms with Crippen LogP contribution in [0.15, 0.2) is 78.9 Å². The zero-order chi connectivity index (χ0) is 20.3. The highest BCUT2D eigenvalue weighted by Gasteiger charge is 2.02. The summed E-state index contributed by atoms with van der Waals surface area (Å²) in [6.07, 6.45) is 0.989. The lowest BCUT2D eigenvalue weighted by Crippen LogP contribution is -2.20. The standard InChI is InChI=1S/C24H25NO4/c26-24(27)14-16-25-15-13-19-9-11-21(12-10-19)28-18-20-5-4-8-23(17-20)29-22-6-2-1-3-7-22/h1-12,17,25H,13-16,18H2,(H,26,27). The number of carboxylic acids is 1. The molecule has 0 bridgehead atoms. The Morgan fingerprint density at radius 3 is 2.31 bits per heavy atom. The molecule has 29 heavy (non-hydrogen) atoms. The fourth-order valence-electron chi connectivity index (χ4n) is 2.80. The summed E-state index contributed by atoms with van der Waals surface area (Å²) in [6, 6.07) is 25.5. The molecule has 5 heteroatoms. The minimum absolute atomic E-state index is 0.143. The molecule has 2 N–H and O–H groups in total. The highest BCUT2D eigenvalue weighted by Crippen LogP contribution is 2.22. The van der Waals surface area contributed by atoms with Crippen LogP contribution in [0.1, 0.15) is 17.5 Å². The van der Waals surface area contributed by atoms with E-state index in [0.717, 1.165) is 35.8 Å². The Bertz CT molecular complexity index is 894. The van der Waals surface area contributed by atoms with Crippen molar-refractivity contribution in [1.29, 1.82) is 0 Å². The van der Waals surface area contributed by atoms with Crippen molar-refractivity contribution in [2.75, 3.05) is 13.1 Å². The van der Waals surface area contributed by atoms with Gasteiger partial charge in [-0.1, -0.05) is 42.5 Å². The fourth-order valence-corrected chi connectivity index (χ4v) is 2.80. The van der Waals surface area contributed by atoms with Crippen molar-refractivity contribution in [3.63, 3.8) is 0 Å². The predicted octanol–water partition coefficient (Wildman–Crippen LogP) is 4.66. The second-order valence-corrected chi connectivity index (χ2v) is 6.64. The van der Waals surface area contributed by atoms with Gasteiger partial charge in [0.25, 0.3) is 0 Å². The van der Waals surface area contributed by atoms with Crippen molar-refractivity contribution in [2.24, 2.45) is 0 Å². The largest absolute Gasteiger partial charge is 0.489 e. The Hall–Kier alpha value is -3.31. The zero-order valence-corrected chi connectivity index (χ0v) is 16.2. The van der Waals surface area contributed by atoms with E-state index in [4.69, 9.17) is 14.6 Å². The number of para-hydroxylation sites is 1. The van der Waals surface area contributed by atoms with Gasteiger partial charge < -0.3 is 19.9 Å².